The predicted octanol–water partition coefficient (Wildman–Crippen LogP) is 4.86. The van der Waals surface area contributed by atoms with Crippen molar-refractivity contribution < 1.29 is 41.8 Å². The van der Waals surface area contributed by atoms with Crippen LogP contribution in [-0.2, 0) is 19.1 Å². The molecule has 0 aromatic carbocycles. The molecule has 4 rings (SSSR count). The number of carbonyl (C=O) groups excluding carboxylic acids is 3. The van der Waals surface area contributed by atoms with Gasteiger partial charge in [0.2, 0.25) is 11.6 Å². The number of esters is 1. The number of aliphatic hydroxyl groups excluding tert-OH is 1. The molecule has 9 heteroatoms. The smallest absolute Gasteiger partial charge is 0.306 e. The molecule has 0 spiro atoms. The number of unbranched alkanes of at least 4 members (excludes halogenated alkanes) is 1. The summed E-state index contributed by atoms with van der Waals surface area (Å²) in [5.41, 5.74) is -8.46. The number of allylic oxidation sites excluding steroid dienone is 4. The van der Waals surface area contributed by atoms with Crippen LogP contribution in [0.5, 0.6) is 0 Å². The van der Waals surface area contributed by atoms with Crippen molar-refractivity contribution in [2.24, 2.45) is 28.6 Å². The average molecular weight is 515 g/mol. The zero-order chi connectivity index (χ0) is 26.8. The Morgan fingerprint density at radius 2 is 1.89 bits per heavy atom. The van der Waals surface area contributed by atoms with Crippen molar-refractivity contribution in [3.8, 4) is 0 Å². The molecular weight excluding hydrogens is 480 g/mol. The van der Waals surface area contributed by atoms with E-state index in [0.717, 1.165) is 12.2 Å². The van der Waals surface area contributed by atoms with Gasteiger partial charge in [-0.1, -0.05) is 33.3 Å². The molecule has 1 N–H and O–H groups in total. The Hall–Kier alpha value is -2.03. The molecule has 200 valence electrons. The van der Waals surface area contributed by atoms with Gasteiger partial charge >= 0.3 is 5.97 Å². The van der Waals surface area contributed by atoms with Crippen LogP contribution >= 0.6 is 0 Å². The highest BCUT2D eigenvalue weighted by molar-refractivity contribution is 6.04. The van der Waals surface area contributed by atoms with Crippen molar-refractivity contribution >= 4 is 17.5 Å². The van der Waals surface area contributed by atoms with Gasteiger partial charge in [0, 0.05) is 34.7 Å². The molecule has 36 heavy (non-hydrogen) atoms. The third-order valence-electron chi connectivity index (χ3n) is 9.79. The van der Waals surface area contributed by atoms with Crippen molar-refractivity contribution in [3.63, 3.8) is 0 Å². The summed E-state index contributed by atoms with van der Waals surface area (Å²) in [6.45, 7) is 4.93. The Morgan fingerprint density at radius 3 is 2.50 bits per heavy atom. The molecule has 9 atom stereocenters. The van der Waals surface area contributed by atoms with Crippen LogP contribution in [0.2, 0.25) is 0 Å². The van der Waals surface area contributed by atoms with Crippen LogP contribution in [-0.4, -0.2) is 52.9 Å². The van der Waals surface area contributed by atoms with Crippen LogP contribution in [0, 0.1) is 28.6 Å². The number of ketones is 2. The summed E-state index contributed by atoms with van der Waals surface area (Å²) < 4.78 is 67.4. The van der Waals surface area contributed by atoms with Gasteiger partial charge in [-0.15, -0.1) is 0 Å². The van der Waals surface area contributed by atoms with Gasteiger partial charge in [0.15, 0.2) is 23.8 Å². The molecule has 0 heterocycles. The fourth-order valence-electron chi connectivity index (χ4n) is 8.14. The molecule has 0 radical (unpaired) electrons. The number of Topliss-reactive ketones (excluding diaryl/α,β-unsaturated/α-hetero) is 1. The Labute approximate surface area is 208 Å². The van der Waals surface area contributed by atoms with E-state index in [1.165, 1.54) is 6.92 Å². The van der Waals surface area contributed by atoms with Crippen molar-refractivity contribution in [2.45, 2.75) is 89.8 Å². The van der Waals surface area contributed by atoms with E-state index in [-0.39, 0.29) is 19.3 Å². The number of aliphatic hydroxyl groups is 1. The normalized spacial score (nSPS) is 45.7. The van der Waals surface area contributed by atoms with Gasteiger partial charge in [-0.05, 0) is 44.6 Å². The summed E-state index contributed by atoms with van der Waals surface area (Å²) >= 11 is 0. The summed E-state index contributed by atoms with van der Waals surface area (Å²) in [5, 5.41) is 11.4. The van der Waals surface area contributed by atoms with Gasteiger partial charge in [0.05, 0.1) is 6.10 Å². The standard InChI is InChI=1S/C27H34F4O5/c1-5-6-7-21(35)36-27(20(34)13-28)14(2)10-15-16-11-17(29)22-23(30)18(32)8-9-24(22,3)26(16,31)19(33)12-25(15,27)4/h8-9,14-17,19,33H,5-7,10-13H2,1-4H3/t14-,15-,16-,17-,19-,24-,25-,26-,27+/m0/s1. The second-order valence-corrected chi connectivity index (χ2v) is 11.5. The summed E-state index contributed by atoms with van der Waals surface area (Å²) in [6.07, 6.45) is -1.41. The Kier molecular flexibility index (Phi) is 6.59. The van der Waals surface area contributed by atoms with E-state index in [9.17, 15) is 28.3 Å². The van der Waals surface area contributed by atoms with Gasteiger partial charge in [-0.25, -0.2) is 17.6 Å². The highest BCUT2D eigenvalue weighted by atomic mass is 19.2. The first-order valence-corrected chi connectivity index (χ1v) is 12.7. The monoisotopic (exact) mass is 514 g/mol. The van der Waals surface area contributed by atoms with Crippen LogP contribution < -0.4 is 0 Å². The highest BCUT2D eigenvalue weighted by Gasteiger charge is 2.78. The fraction of sp³-hybridized carbons (Fsp3) is 0.741. The molecule has 0 aromatic heterocycles. The zero-order valence-electron chi connectivity index (χ0n) is 21.1. The lowest BCUT2D eigenvalue weighted by atomic mass is 9.44. The van der Waals surface area contributed by atoms with Gasteiger partial charge in [0.25, 0.3) is 0 Å². The number of fused-ring (bicyclic) bond motifs is 5. The summed E-state index contributed by atoms with van der Waals surface area (Å²) in [5.74, 6) is -6.75. The van der Waals surface area contributed by atoms with Crippen LogP contribution in [0.1, 0.15) is 66.2 Å². The molecule has 3 saturated carbocycles. The first kappa shape index (κ1) is 27.0. The molecule has 0 bridgehead atoms. The second kappa shape index (κ2) is 8.77. The van der Waals surface area contributed by atoms with E-state index in [1.807, 2.05) is 6.92 Å². The summed E-state index contributed by atoms with van der Waals surface area (Å²) in [7, 11) is 0. The SMILES string of the molecule is CCCCC(=O)O[C@@]1(C(=O)CF)[C@@H](C)C[C@H]2[C@@H]3C[C@H](F)C4=C(F)C(=O)C=C[C@]4(C)[C@@]3(F)[C@@H](O)C[C@@]21C. The third kappa shape index (κ3) is 3.19. The molecule has 0 saturated heterocycles. The third-order valence-corrected chi connectivity index (χ3v) is 9.79. The Morgan fingerprint density at radius 1 is 1.22 bits per heavy atom. The highest BCUT2D eigenvalue weighted by Crippen LogP contribution is 2.72. The zero-order valence-corrected chi connectivity index (χ0v) is 21.1. The number of alkyl halides is 3. The van der Waals surface area contributed by atoms with Crippen LogP contribution in [0.15, 0.2) is 23.6 Å². The average Bonchev–Trinajstić information content (AvgIpc) is 3.03. The minimum atomic E-state index is -2.57. The van der Waals surface area contributed by atoms with Crippen molar-refractivity contribution in [2.75, 3.05) is 6.67 Å². The van der Waals surface area contributed by atoms with E-state index in [1.54, 1.807) is 13.8 Å². The molecular formula is C27H34F4O5. The predicted molar refractivity (Wildman–Crippen MR) is 123 cm³/mol. The van der Waals surface area contributed by atoms with E-state index in [0.29, 0.717) is 12.8 Å². The minimum Gasteiger partial charge on any atom is -0.450 e. The Balaban J connectivity index is 1.85. The maximum atomic E-state index is 17.3. The van der Waals surface area contributed by atoms with E-state index in [2.05, 4.69) is 0 Å². The van der Waals surface area contributed by atoms with Gasteiger partial charge < -0.3 is 9.84 Å². The lowest BCUT2D eigenvalue weighted by Crippen LogP contribution is -2.71. The number of halogens is 4. The number of ether oxygens (including phenoxy) is 1. The van der Waals surface area contributed by atoms with E-state index < -0.39 is 94.2 Å². The quantitative estimate of drug-likeness (QED) is 0.405. The van der Waals surface area contributed by atoms with Crippen LogP contribution in [0.4, 0.5) is 17.6 Å². The first-order valence-electron chi connectivity index (χ1n) is 12.7. The van der Waals surface area contributed by atoms with Crippen molar-refractivity contribution in [1.82, 2.24) is 0 Å². The Bertz CT molecular complexity index is 1040. The lowest BCUT2D eigenvalue weighted by Gasteiger charge is -2.63. The molecule has 4 aliphatic rings. The summed E-state index contributed by atoms with van der Waals surface area (Å²) in [6, 6.07) is 0. The number of rotatable bonds is 6. The van der Waals surface area contributed by atoms with Crippen molar-refractivity contribution in [3.05, 3.63) is 23.6 Å². The molecule has 5 nitrogen and oxygen atoms in total. The molecule has 3 fully saturated rings. The minimum absolute atomic E-state index is 0.0151. The molecule has 4 aliphatic carbocycles. The van der Waals surface area contributed by atoms with Crippen molar-refractivity contribution in [1.29, 1.82) is 0 Å². The van der Waals surface area contributed by atoms with E-state index >= 15 is 8.78 Å². The van der Waals surface area contributed by atoms with Gasteiger partial charge in [0.1, 0.15) is 6.17 Å². The fourth-order valence-corrected chi connectivity index (χ4v) is 8.14. The van der Waals surface area contributed by atoms with Crippen LogP contribution in [0.3, 0.4) is 0 Å². The lowest BCUT2D eigenvalue weighted by molar-refractivity contribution is -0.231. The largest absolute Gasteiger partial charge is 0.450 e. The maximum absolute atomic E-state index is 17.3. The number of hydrogen-bond donors (Lipinski definition) is 1. The van der Waals surface area contributed by atoms with Crippen LogP contribution in [0.25, 0.3) is 0 Å². The van der Waals surface area contributed by atoms with E-state index in [4.69, 9.17) is 4.74 Å². The maximum Gasteiger partial charge on any atom is 0.306 e. The number of hydrogen-bond acceptors (Lipinski definition) is 5. The molecule has 0 amide bonds. The van der Waals surface area contributed by atoms with Gasteiger partial charge in [-0.3, -0.25) is 14.4 Å². The summed E-state index contributed by atoms with van der Waals surface area (Å²) in [4.78, 5) is 37.9. The number of carbonyl (C=O) groups is 3. The topological polar surface area (TPSA) is 80.7 Å². The molecule has 0 aromatic rings. The molecule has 0 aliphatic heterocycles. The second-order valence-electron chi connectivity index (χ2n) is 11.5. The van der Waals surface area contributed by atoms with Gasteiger partial charge in [-0.2, -0.15) is 0 Å². The molecule has 0 unspecified atom stereocenters. The first-order chi connectivity index (χ1) is 16.8.